The van der Waals surface area contributed by atoms with Crippen LogP contribution in [0.3, 0.4) is 0 Å². The zero-order valence-electron chi connectivity index (χ0n) is 11.1. The Balaban J connectivity index is 2.00. The molecule has 4 heteroatoms. The van der Waals surface area contributed by atoms with Crippen LogP contribution in [0.25, 0.3) is 0 Å². The molecule has 1 N–H and O–H groups in total. The summed E-state index contributed by atoms with van der Waals surface area (Å²) in [5.41, 5.74) is 0.378. The van der Waals surface area contributed by atoms with Crippen molar-refractivity contribution in [3.63, 3.8) is 0 Å². The molecule has 0 aromatic carbocycles. The second kappa shape index (κ2) is 5.55. The number of pyridine rings is 1. The molecule has 1 aromatic heterocycles. The van der Waals surface area contributed by atoms with Crippen molar-refractivity contribution in [1.82, 2.24) is 9.88 Å². The first-order chi connectivity index (χ1) is 8.50. The average molecular weight is 269 g/mol. The Hall–Kier alpha value is -0.640. The second-order valence-electron chi connectivity index (χ2n) is 5.50. The zero-order chi connectivity index (χ0) is 13.2. The SMILES string of the molecule is CC(C)N1CCC(O)(Cc2ccncc2Cl)CC1. The number of aromatic nitrogens is 1. The average Bonchev–Trinajstić information content (AvgIpc) is 2.32. The minimum absolute atomic E-state index is 0.555. The Morgan fingerprint density at radius 2 is 2.11 bits per heavy atom. The Morgan fingerprint density at radius 1 is 1.44 bits per heavy atom. The number of likely N-dealkylation sites (tertiary alicyclic amines) is 1. The van der Waals surface area contributed by atoms with E-state index >= 15 is 0 Å². The molecule has 3 nitrogen and oxygen atoms in total. The fraction of sp³-hybridized carbons (Fsp3) is 0.643. The van der Waals surface area contributed by atoms with E-state index in [0.29, 0.717) is 17.5 Å². The number of halogens is 1. The summed E-state index contributed by atoms with van der Waals surface area (Å²) in [5, 5.41) is 11.3. The van der Waals surface area contributed by atoms with Crippen LogP contribution in [-0.4, -0.2) is 39.7 Å². The monoisotopic (exact) mass is 268 g/mol. The molecule has 0 radical (unpaired) electrons. The summed E-state index contributed by atoms with van der Waals surface area (Å²) in [6.07, 6.45) is 5.62. The standard InChI is InChI=1S/C14H21ClN2O/c1-11(2)17-7-4-14(18,5-8-17)9-12-3-6-16-10-13(12)15/h3,6,10-11,18H,4-5,7-9H2,1-2H3. The number of hydrogen-bond acceptors (Lipinski definition) is 3. The predicted molar refractivity (Wildman–Crippen MR) is 73.8 cm³/mol. The summed E-state index contributed by atoms with van der Waals surface area (Å²) in [6.45, 7) is 6.31. The van der Waals surface area contributed by atoms with Crippen LogP contribution in [0.1, 0.15) is 32.3 Å². The molecule has 0 unspecified atom stereocenters. The van der Waals surface area contributed by atoms with Crippen molar-refractivity contribution in [1.29, 1.82) is 0 Å². The van der Waals surface area contributed by atoms with Crippen LogP contribution in [0.4, 0.5) is 0 Å². The van der Waals surface area contributed by atoms with Crippen LogP contribution in [0.5, 0.6) is 0 Å². The quantitative estimate of drug-likeness (QED) is 0.915. The maximum absolute atomic E-state index is 10.6. The normalized spacial score (nSPS) is 20.3. The molecular formula is C14H21ClN2O. The fourth-order valence-electron chi connectivity index (χ4n) is 2.54. The van der Waals surface area contributed by atoms with E-state index in [-0.39, 0.29) is 0 Å². The van der Waals surface area contributed by atoms with Gasteiger partial charge in [0, 0.05) is 37.9 Å². The Kier molecular flexibility index (Phi) is 4.25. The van der Waals surface area contributed by atoms with E-state index in [0.717, 1.165) is 31.5 Å². The molecular weight excluding hydrogens is 248 g/mol. The third kappa shape index (κ3) is 3.22. The molecule has 1 aliphatic rings. The van der Waals surface area contributed by atoms with Crippen LogP contribution in [0, 0.1) is 0 Å². The van der Waals surface area contributed by atoms with E-state index in [1.807, 2.05) is 6.07 Å². The van der Waals surface area contributed by atoms with Gasteiger partial charge in [-0.15, -0.1) is 0 Å². The van der Waals surface area contributed by atoms with E-state index in [2.05, 4.69) is 23.7 Å². The van der Waals surface area contributed by atoms with Crippen molar-refractivity contribution in [2.24, 2.45) is 0 Å². The Labute approximate surface area is 114 Å². The molecule has 0 amide bonds. The molecule has 0 spiro atoms. The lowest BCUT2D eigenvalue weighted by atomic mass is 9.85. The lowest BCUT2D eigenvalue weighted by Gasteiger charge is -2.40. The van der Waals surface area contributed by atoms with E-state index in [1.165, 1.54) is 0 Å². The van der Waals surface area contributed by atoms with E-state index in [4.69, 9.17) is 11.6 Å². The van der Waals surface area contributed by atoms with Gasteiger partial charge in [-0.3, -0.25) is 4.98 Å². The second-order valence-corrected chi connectivity index (χ2v) is 5.91. The van der Waals surface area contributed by atoms with Gasteiger partial charge in [0.1, 0.15) is 0 Å². The molecule has 1 aromatic rings. The molecule has 0 bridgehead atoms. The molecule has 2 rings (SSSR count). The van der Waals surface area contributed by atoms with Gasteiger partial charge in [-0.25, -0.2) is 0 Å². The number of rotatable bonds is 3. The molecule has 100 valence electrons. The van der Waals surface area contributed by atoms with E-state index in [9.17, 15) is 5.11 Å². The number of nitrogens with zero attached hydrogens (tertiary/aromatic N) is 2. The molecule has 18 heavy (non-hydrogen) atoms. The van der Waals surface area contributed by atoms with Gasteiger partial charge in [-0.2, -0.15) is 0 Å². The van der Waals surface area contributed by atoms with Gasteiger partial charge in [0.25, 0.3) is 0 Å². The number of piperidine rings is 1. The molecule has 1 fully saturated rings. The maximum Gasteiger partial charge on any atom is 0.0712 e. The van der Waals surface area contributed by atoms with Crippen LogP contribution < -0.4 is 0 Å². The summed E-state index contributed by atoms with van der Waals surface area (Å²) in [4.78, 5) is 6.38. The minimum atomic E-state index is -0.615. The first-order valence-corrected chi connectivity index (χ1v) is 6.93. The third-order valence-corrected chi connectivity index (χ3v) is 4.18. The highest BCUT2D eigenvalue weighted by Crippen LogP contribution is 2.29. The lowest BCUT2D eigenvalue weighted by Crippen LogP contribution is -2.47. The van der Waals surface area contributed by atoms with Gasteiger partial charge in [0.2, 0.25) is 0 Å². The van der Waals surface area contributed by atoms with Crippen molar-refractivity contribution in [2.45, 2.75) is 44.8 Å². The van der Waals surface area contributed by atoms with Gasteiger partial charge in [-0.1, -0.05) is 11.6 Å². The largest absolute Gasteiger partial charge is 0.389 e. The Morgan fingerprint density at radius 3 is 2.67 bits per heavy atom. The summed E-state index contributed by atoms with van der Waals surface area (Å²) < 4.78 is 0. The van der Waals surface area contributed by atoms with Gasteiger partial charge in [0.05, 0.1) is 10.6 Å². The summed E-state index contributed by atoms with van der Waals surface area (Å²) in [5.74, 6) is 0. The molecule has 2 heterocycles. The number of aliphatic hydroxyl groups is 1. The summed E-state index contributed by atoms with van der Waals surface area (Å²) >= 11 is 6.10. The molecule has 0 aliphatic carbocycles. The minimum Gasteiger partial charge on any atom is -0.389 e. The zero-order valence-corrected chi connectivity index (χ0v) is 11.8. The van der Waals surface area contributed by atoms with Crippen molar-refractivity contribution >= 4 is 11.6 Å². The van der Waals surface area contributed by atoms with Gasteiger partial charge in [0.15, 0.2) is 0 Å². The topological polar surface area (TPSA) is 36.4 Å². The molecule has 0 saturated carbocycles. The first-order valence-electron chi connectivity index (χ1n) is 6.55. The van der Waals surface area contributed by atoms with Gasteiger partial charge in [-0.05, 0) is 38.3 Å². The Bertz CT molecular complexity index is 401. The highest BCUT2D eigenvalue weighted by molar-refractivity contribution is 6.31. The van der Waals surface area contributed by atoms with Crippen LogP contribution in [-0.2, 0) is 6.42 Å². The van der Waals surface area contributed by atoms with E-state index < -0.39 is 5.60 Å². The predicted octanol–water partition coefficient (Wildman–Crippen LogP) is 2.51. The van der Waals surface area contributed by atoms with Crippen LogP contribution >= 0.6 is 11.6 Å². The van der Waals surface area contributed by atoms with Gasteiger partial charge >= 0.3 is 0 Å². The van der Waals surface area contributed by atoms with Crippen molar-refractivity contribution in [3.8, 4) is 0 Å². The first kappa shape index (κ1) is 13.8. The van der Waals surface area contributed by atoms with E-state index in [1.54, 1.807) is 12.4 Å². The number of hydrogen-bond donors (Lipinski definition) is 1. The fourth-order valence-corrected chi connectivity index (χ4v) is 2.72. The molecule has 1 aliphatic heterocycles. The van der Waals surface area contributed by atoms with Crippen molar-refractivity contribution < 1.29 is 5.11 Å². The highest BCUT2D eigenvalue weighted by atomic mass is 35.5. The van der Waals surface area contributed by atoms with Crippen molar-refractivity contribution in [3.05, 3.63) is 29.0 Å². The summed E-state index contributed by atoms with van der Waals surface area (Å²) in [7, 11) is 0. The highest BCUT2D eigenvalue weighted by Gasteiger charge is 2.33. The maximum atomic E-state index is 10.6. The summed E-state index contributed by atoms with van der Waals surface area (Å²) in [6, 6.07) is 2.45. The molecule has 1 saturated heterocycles. The molecule has 0 atom stereocenters. The van der Waals surface area contributed by atoms with Crippen LogP contribution in [0.15, 0.2) is 18.5 Å². The van der Waals surface area contributed by atoms with Crippen LogP contribution in [0.2, 0.25) is 5.02 Å². The van der Waals surface area contributed by atoms with Gasteiger partial charge < -0.3 is 10.0 Å². The lowest BCUT2D eigenvalue weighted by molar-refractivity contribution is -0.0271. The van der Waals surface area contributed by atoms with Crippen molar-refractivity contribution in [2.75, 3.05) is 13.1 Å². The third-order valence-electron chi connectivity index (χ3n) is 3.83. The smallest absolute Gasteiger partial charge is 0.0712 e.